The van der Waals surface area contributed by atoms with Crippen molar-refractivity contribution in [2.45, 2.75) is 38.5 Å². The maximum Gasteiger partial charge on any atom is 0.237 e. The average Bonchev–Trinajstić information content (AvgIpc) is 4.46. The van der Waals surface area contributed by atoms with E-state index in [1.54, 1.807) is 0 Å². The first-order valence-corrected chi connectivity index (χ1v) is 27.5. The number of nitriles is 1. The lowest BCUT2D eigenvalue weighted by molar-refractivity contribution is 0.661. The lowest BCUT2D eigenvalue weighted by Crippen LogP contribution is -2.16. The summed E-state index contributed by atoms with van der Waals surface area (Å²) in [5, 5.41) is 21.3. The van der Waals surface area contributed by atoms with Crippen molar-refractivity contribution in [1.82, 2.24) is 18.3 Å². The minimum atomic E-state index is -0.320. The molecule has 6 heteroatoms. The molecule has 17 rings (SSSR count). The second kappa shape index (κ2) is 15.6. The SMILES string of the molecule is [C-]#[N+]c1c(-n2c3ccccc3c3ccccc32)c(C#N)c(-n2c3ccccc3c3cc4c(cc32)C(C)(C)c2ccccc2-4)c(-n2c3ccccc3c3ccccc32)c1-n1c2ccccc2c2cc3c(cc21)C(C)(C)c1ccccc1-3. The van der Waals surface area contributed by atoms with Gasteiger partial charge in [0.2, 0.25) is 5.69 Å². The topological polar surface area (TPSA) is 47.9 Å². The van der Waals surface area contributed by atoms with Gasteiger partial charge in [0.15, 0.2) is 0 Å². The highest BCUT2D eigenvalue weighted by molar-refractivity contribution is 6.18. The Bertz CT molecular complexity index is 5070. The largest absolute Gasteiger partial charge is 0.318 e. The first kappa shape index (κ1) is 44.7. The normalized spacial score (nSPS) is 13.9. The van der Waals surface area contributed by atoms with Crippen molar-refractivity contribution in [2.24, 2.45) is 0 Å². The first-order valence-electron chi connectivity index (χ1n) is 27.5. The zero-order chi connectivity index (χ0) is 53.5. The van der Waals surface area contributed by atoms with Gasteiger partial charge >= 0.3 is 0 Å². The van der Waals surface area contributed by atoms with Crippen molar-refractivity contribution in [1.29, 1.82) is 5.26 Å². The van der Waals surface area contributed by atoms with Crippen molar-refractivity contribution in [3.05, 3.63) is 258 Å². The van der Waals surface area contributed by atoms with Crippen LogP contribution in [0.25, 0.3) is 137 Å². The van der Waals surface area contributed by atoms with Gasteiger partial charge in [-0.3, -0.25) is 0 Å². The second-order valence-electron chi connectivity index (χ2n) is 23.0. The van der Waals surface area contributed by atoms with Crippen LogP contribution in [0, 0.1) is 17.9 Å². The van der Waals surface area contributed by atoms with Gasteiger partial charge in [-0.2, -0.15) is 5.26 Å². The van der Waals surface area contributed by atoms with E-state index in [1.807, 2.05) is 0 Å². The molecule has 0 fully saturated rings. The fourth-order valence-corrected chi connectivity index (χ4v) is 14.9. The van der Waals surface area contributed by atoms with E-state index in [2.05, 4.69) is 270 Å². The standard InChI is InChI=1S/C74H48N6/c1-73(2)56-30-14-6-22-43(56)51-38-53-49-28-12-20-36-64(49)79(66(53)40-58(51)73)70-55(42-75)69(77-60-32-16-8-24-45(60)46-25-9-17-33-61(46)77)68(76-5)71(72(70)78-62-34-18-10-26-47(62)48-27-11-19-35-63(48)78)80-65-37-21-13-29-50(65)54-39-52-44-23-7-15-31-57(44)74(3,4)59(52)41-67(54)80/h6-41H,1-4H3. The molecule has 2 aliphatic rings. The predicted molar refractivity (Wildman–Crippen MR) is 330 cm³/mol. The van der Waals surface area contributed by atoms with Crippen LogP contribution >= 0.6 is 0 Å². The van der Waals surface area contributed by atoms with Gasteiger partial charge in [-0.25, -0.2) is 4.85 Å². The van der Waals surface area contributed by atoms with E-state index in [0.717, 1.165) is 92.9 Å². The summed E-state index contributed by atoms with van der Waals surface area (Å²) < 4.78 is 9.38. The predicted octanol–water partition coefficient (Wildman–Crippen LogP) is 19.1. The van der Waals surface area contributed by atoms with E-state index in [9.17, 15) is 11.8 Å². The summed E-state index contributed by atoms with van der Waals surface area (Å²) in [5.41, 5.74) is 20.4. The zero-order valence-electron chi connectivity index (χ0n) is 44.5. The Balaban J connectivity index is 1.17. The van der Waals surface area contributed by atoms with Gasteiger partial charge in [-0.05, 0) is 105 Å². The molecule has 11 aromatic carbocycles. The quantitative estimate of drug-likeness (QED) is 0.162. The highest BCUT2D eigenvalue weighted by Crippen LogP contribution is 2.56. The molecule has 0 radical (unpaired) electrons. The van der Waals surface area contributed by atoms with Crippen LogP contribution in [0.15, 0.2) is 218 Å². The highest BCUT2D eigenvalue weighted by Gasteiger charge is 2.40. The minimum Gasteiger partial charge on any atom is -0.318 e. The van der Waals surface area contributed by atoms with Crippen LogP contribution in [0.4, 0.5) is 5.69 Å². The molecule has 0 aliphatic heterocycles. The van der Waals surface area contributed by atoms with Gasteiger partial charge in [-0.15, -0.1) is 0 Å². The molecule has 4 aromatic heterocycles. The number of para-hydroxylation sites is 6. The summed E-state index contributed by atoms with van der Waals surface area (Å²) >= 11 is 0. The second-order valence-corrected chi connectivity index (χ2v) is 23.0. The van der Waals surface area contributed by atoms with Crippen LogP contribution in [0.1, 0.15) is 55.5 Å². The average molecular weight is 1020 g/mol. The van der Waals surface area contributed by atoms with Gasteiger partial charge in [0.1, 0.15) is 6.07 Å². The van der Waals surface area contributed by atoms with Crippen molar-refractivity contribution in [2.75, 3.05) is 0 Å². The highest BCUT2D eigenvalue weighted by atomic mass is 15.1. The molecule has 80 heavy (non-hydrogen) atoms. The molecular formula is C74H48N6. The number of nitrogens with zero attached hydrogens (tertiary/aromatic N) is 6. The number of aromatic nitrogens is 4. The third-order valence-electron chi connectivity index (χ3n) is 18.4. The molecule has 0 spiro atoms. The van der Waals surface area contributed by atoms with Crippen LogP contribution in [0.3, 0.4) is 0 Å². The number of hydrogen-bond acceptors (Lipinski definition) is 1. The summed E-state index contributed by atoms with van der Waals surface area (Å²) in [5.74, 6) is 0. The molecule has 0 amide bonds. The third-order valence-corrected chi connectivity index (χ3v) is 18.4. The number of hydrogen-bond donors (Lipinski definition) is 0. The maximum atomic E-state index is 12.7. The Morgan fingerprint density at radius 2 is 0.637 bits per heavy atom. The lowest BCUT2D eigenvalue weighted by Gasteiger charge is -2.28. The smallest absolute Gasteiger partial charge is 0.237 e. The van der Waals surface area contributed by atoms with Gasteiger partial charge in [0, 0.05) is 53.9 Å². The van der Waals surface area contributed by atoms with Crippen molar-refractivity contribution >= 4 is 92.9 Å². The third kappa shape index (κ3) is 5.49. The van der Waals surface area contributed by atoms with Crippen LogP contribution in [0.5, 0.6) is 0 Å². The molecule has 0 atom stereocenters. The molecule has 2 aliphatic carbocycles. The Hall–Kier alpha value is -10.4. The summed E-state index contributed by atoms with van der Waals surface area (Å²) in [7, 11) is 0. The van der Waals surface area contributed by atoms with Crippen molar-refractivity contribution < 1.29 is 0 Å². The van der Waals surface area contributed by atoms with Crippen molar-refractivity contribution in [3.8, 4) is 51.1 Å². The zero-order valence-corrected chi connectivity index (χ0v) is 44.5. The molecule has 4 heterocycles. The number of fused-ring (bicyclic) bond motifs is 18. The summed E-state index contributed by atoms with van der Waals surface area (Å²) in [6, 6.07) is 81.7. The van der Waals surface area contributed by atoms with Crippen LogP contribution in [-0.2, 0) is 10.8 Å². The first-order chi connectivity index (χ1) is 39.2. The molecule has 6 nitrogen and oxygen atoms in total. The van der Waals surface area contributed by atoms with E-state index < -0.39 is 0 Å². The fourth-order valence-electron chi connectivity index (χ4n) is 14.9. The Labute approximate surface area is 461 Å². The Morgan fingerprint density at radius 1 is 0.325 bits per heavy atom. The fraction of sp³-hybridized carbons (Fsp3) is 0.0811. The van der Waals surface area contributed by atoms with Gasteiger partial charge in [-0.1, -0.05) is 185 Å². The van der Waals surface area contributed by atoms with Gasteiger partial charge in [0.05, 0.1) is 79.0 Å². The van der Waals surface area contributed by atoms with Gasteiger partial charge < -0.3 is 18.3 Å². The summed E-state index contributed by atoms with van der Waals surface area (Å²) in [4.78, 5) is 4.85. The molecule has 0 N–H and O–H groups in total. The van der Waals surface area contributed by atoms with E-state index in [0.29, 0.717) is 28.3 Å². The molecule has 0 bridgehead atoms. The van der Waals surface area contributed by atoms with E-state index in [-0.39, 0.29) is 10.8 Å². The van der Waals surface area contributed by atoms with Crippen molar-refractivity contribution in [3.63, 3.8) is 0 Å². The van der Waals surface area contributed by atoms with E-state index in [1.165, 1.54) is 44.5 Å². The van der Waals surface area contributed by atoms with Gasteiger partial charge in [0.25, 0.3) is 0 Å². The molecular weight excluding hydrogens is 973 g/mol. The lowest BCUT2D eigenvalue weighted by atomic mass is 9.82. The number of benzene rings is 11. The van der Waals surface area contributed by atoms with Crippen LogP contribution in [0.2, 0.25) is 0 Å². The van der Waals surface area contributed by atoms with Crippen LogP contribution < -0.4 is 0 Å². The molecule has 0 saturated carbocycles. The van der Waals surface area contributed by atoms with E-state index >= 15 is 0 Å². The minimum absolute atomic E-state index is 0.319. The maximum absolute atomic E-state index is 12.7. The molecule has 15 aromatic rings. The van der Waals surface area contributed by atoms with Crippen LogP contribution in [-0.4, -0.2) is 18.3 Å². The number of rotatable bonds is 4. The molecule has 0 saturated heterocycles. The Kier molecular flexibility index (Phi) is 8.74. The summed E-state index contributed by atoms with van der Waals surface area (Å²) in [6.45, 7) is 19.3. The Morgan fingerprint density at radius 3 is 1.01 bits per heavy atom. The molecule has 374 valence electrons. The monoisotopic (exact) mass is 1020 g/mol. The summed E-state index contributed by atoms with van der Waals surface area (Å²) in [6.07, 6.45) is 0. The van der Waals surface area contributed by atoms with E-state index in [4.69, 9.17) is 4.85 Å². The molecule has 0 unspecified atom stereocenters.